The molecule has 0 spiro atoms. The molecule has 1 aromatic heterocycles. The van der Waals surface area contributed by atoms with Crippen LogP contribution in [0.25, 0.3) is 32.8 Å². The fraction of sp³-hybridized carbons (Fsp3) is 0.0870. The second-order valence-electron chi connectivity index (χ2n) is 6.09. The molecule has 4 aromatic rings. The van der Waals surface area contributed by atoms with E-state index < -0.39 is 7.21 Å². The maximum absolute atomic E-state index is 5.62. The molecule has 0 N–H and O–H groups in total. The van der Waals surface area contributed by atoms with Gasteiger partial charge in [0.2, 0.25) is 0 Å². The highest BCUT2D eigenvalue weighted by atomic mass is 31.9. The van der Waals surface area contributed by atoms with Crippen molar-refractivity contribution < 1.29 is 4.74 Å². The molecule has 0 saturated heterocycles. The molecule has 0 aliphatic heterocycles. The van der Waals surface area contributed by atoms with Crippen LogP contribution in [0.5, 0.6) is 0 Å². The third kappa shape index (κ3) is 3.39. The van der Waals surface area contributed by atoms with Gasteiger partial charge in [-0.3, -0.25) is 0 Å². The number of ether oxygens (including phenoxy) is 1. The van der Waals surface area contributed by atoms with E-state index in [-0.39, 0.29) is 0 Å². The first-order valence-corrected chi connectivity index (χ1v) is 11.8. The molecular weight excluding hydrogens is 354 g/mol. The summed E-state index contributed by atoms with van der Waals surface area (Å²) >= 11 is 0. The smallest absolute Gasteiger partial charge is 0.0887 e. The molecule has 1 atom stereocenters. The summed E-state index contributed by atoms with van der Waals surface area (Å²) in [6.45, 7) is 0. The topological polar surface area (TPSA) is 9.23 Å². The normalized spacial score (nSPS) is 11.8. The summed E-state index contributed by atoms with van der Waals surface area (Å²) in [6.07, 6.45) is 0.785. The summed E-state index contributed by atoms with van der Waals surface area (Å²) in [5.74, 6) is 0. The quantitative estimate of drug-likeness (QED) is 0.345. The van der Waals surface area contributed by atoms with Crippen molar-refractivity contribution in [1.29, 1.82) is 0 Å². The molecule has 0 bridgehead atoms. The Hall–Kier alpha value is -2.17. The Balaban J connectivity index is 2.04. The van der Waals surface area contributed by atoms with Crippen molar-refractivity contribution in [2.45, 2.75) is 6.35 Å². The van der Waals surface area contributed by atoms with E-state index in [1.165, 1.54) is 40.7 Å². The first-order valence-electron chi connectivity index (χ1n) is 8.64. The fourth-order valence-electron chi connectivity index (χ4n) is 3.24. The van der Waals surface area contributed by atoms with Gasteiger partial charge in [-0.25, -0.2) is 0 Å². The fourth-order valence-corrected chi connectivity index (χ4v) is 8.49. The molecule has 4 rings (SSSR count). The van der Waals surface area contributed by atoms with E-state index in [4.69, 9.17) is 4.74 Å². The third-order valence-corrected chi connectivity index (χ3v) is 9.06. The van der Waals surface area contributed by atoms with E-state index >= 15 is 0 Å². The lowest BCUT2D eigenvalue weighted by molar-refractivity contribution is 0.218. The first-order chi connectivity index (χ1) is 12.9. The minimum Gasteiger partial charge on any atom is -0.376 e. The van der Waals surface area contributed by atoms with Crippen molar-refractivity contribution in [3.8, 4) is 32.8 Å². The Morgan fingerprint density at radius 3 is 1.73 bits per heavy atom. The maximum Gasteiger partial charge on any atom is 0.0887 e. The Bertz CT molecular complexity index is 977. The number of hydrogen-bond donors (Lipinski definition) is 0. The van der Waals surface area contributed by atoms with Gasteiger partial charge in [0.15, 0.2) is 0 Å². The number of benzene rings is 3. The van der Waals surface area contributed by atoms with E-state index in [2.05, 4.69) is 91.0 Å². The van der Waals surface area contributed by atoms with Gasteiger partial charge in [0.05, 0.1) is 6.35 Å². The van der Waals surface area contributed by atoms with E-state index in [0.29, 0.717) is 0 Å². The number of hydrogen-bond acceptors (Lipinski definition) is 1. The summed E-state index contributed by atoms with van der Waals surface area (Å²) in [5.41, 5.74) is 5.29. The maximum atomic E-state index is 5.62. The molecule has 0 fully saturated rings. The van der Waals surface area contributed by atoms with Crippen LogP contribution >= 0.6 is 15.1 Å². The van der Waals surface area contributed by atoms with Crippen LogP contribution in [0.2, 0.25) is 0 Å². The van der Waals surface area contributed by atoms with Crippen LogP contribution in [-0.4, -0.2) is 7.11 Å². The highest BCUT2D eigenvalue weighted by molar-refractivity contribution is 8.03. The van der Waals surface area contributed by atoms with Crippen molar-refractivity contribution >= 4 is 15.1 Å². The van der Waals surface area contributed by atoms with Gasteiger partial charge < -0.3 is 4.74 Å². The summed E-state index contributed by atoms with van der Waals surface area (Å²) in [5, 5.41) is 2.87. The van der Waals surface area contributed by atoms with Gasteiger partial charge in [-0.05, 0) is 24.6 Å². The first kappa shape index (κ1) is 17.3. The Morgan fingerprint density at radius 1 is 0.692 bits per heavy atom. The number of rotatable bonds is 5. The Morgan fingerprint density at radius 2 is 1.19 bits per heavy atom. The summed E-state index contributed by atoms with van der Waals surface area (Å²) in [4.78, 5) is 0. The SMILES string of the molecule is COCp1pc(-c2ccccc2)c(-c2ccccc2)c1-c1ccccc1. The van der Waals surface area contributed by atoms with Crippen molar-refractivity contribution in [3.63, 3.8) is 0 Å². The van der Waals surface area contributed by atoms with E-state index in [9.17, 15) is 0 Å². The summed E-state index contributed by atoms with van der Waals surface area (Å²) < 4.78 is 5.62. The van der Waals surface area contributed by atoms with Gasteiger partial charge >= 0.3 is 0 Å². The molecule has 0 radical (unpaired) electrons. The minimum atomic E-state index is -0.418. The molecule has 0 amide bonds. The van der Waals surface area contributed by atoms with Crippen LogP contribution in [-0.2, 0) is 11.1 Å². The van der Waals surface area contributed by atoms with Crippen LogP contribution in [0.4, 0.5) is 0 Å². The van der Waals surface area contributed by atoms with Crippen LogP contribution in [0.3, 0.4) is 0 Å². The van der Waals surface area contributed by atoms with Gasteiger partial charge in [-0.1, -0.05) is 98.2 Å². The van der Waals surface area contributed by atoms with Crippen molar-refractivity contribution in [1.82, 2.24) is 0 Å². The monoisotopic (exact) mass is 374 g/mol. The molecule has 1 heterocycles. The molecule has 0 aliphatic carbocycles. The van der Waals surface area contributed by atoms with Crippen molar-refractivity contribution in [3.05, 3.63) is 91.0 Å². The lowest BCUT2D eigenvalue weighted by atomic mass is 9.98. The largest absolute Gasteiger partial charge is 0.376 e. The average Bonchev–Trinajstić information content (AvgIpc) is 3.09. The van der Waals surface area contributed by atoms with Crippen LogP contribution < -0.4 is 0 Å². The minimum absolute atomic E-state index is 0.418. The van der Waals surface area contributed by atoms with Crippen molar-refractivity contribution in [2.24, 2.45) is 0 Å². The highest BCUT2D eigenvalue weighted by Gasteiger charge is 2.21. The zero-order valence-electron chi connectivity index (χ0n) is 14.7. The second-order valence-corrected chi connectivity index (χ2v) is 10.3. The Labute approximate surface area is 157 Å². The van der Waals surface area contributed by atoms with Gasteiger partial charge in [0.1, 0.15) is 0 Å². The van der Waals surface area contributed by atoms with Gasteiger partial charge in [-0.2, -0.15) is 0 Å². The zero-order chi connectivity index (χ0) is 17.8. The predicted octanol–water partition coefficient (Wildman–Crippen LogP) is 7.86. The second kappa shape index (κ2) is 8.02. The van der Waals surface area contributed by atoms with Crippen LogP contribution in [0.1, 0.15) is 0 Å². The average molecular weight is 374 g/mol. The molecule has 1 nitrogen and oxygen atoms in total. The van der Waals surface area contributed by atoms with Gasteiger partial charge in [-0.15, -0.1) is 0 Å². The van der Waals surface area contributed by atoms with Crippen molar-refractivity contribution in [2.75, 3.05) is 7.11 Å². The molecule has 3 aromatic carbocycles. The Kier molecular flexibility index (Phi) is 5.32. The molecular formula is C23H20OP2. The molecule has 0 aliphatic rings. The summed E-state index contributed by atoms with van der Waals surface area (Å²) in [6, 6.07) is 32.4. The third-order valence-electron chi connectivity index (χ3n) is 4.36. The molecule has 3 heteroatoms. The van der Waals surface area contributed by atoms with Gasteiger partial charge in [0, 0.05) is 23.3 Å². The van der Waals surface area contributed by atoms with Gasteiger partial charge in [0.25, 0.3) is 0 Å². The zero-order valence-corrected chi connectivity index (χ0v) is 16.5. The standard InChI is InChI=1S/C23H20OP2/c1-24-17-26-23(20-15-9-4-10-16-20)21(18-11-5-2-6-12-18)22(25-26)19-13-7-3-8-14-19/h2-16H,17H2,1H3. The molecule has 1 unspecified atom stereocenters. The lowest BCUT2D eigenvalue weighted by Gasteiger charge is -2.11. The van der Waals surface area contributed by atoms with E-state index in [0.717, 1.165) is 6.35 Å². The van der Waals surface area contributed by atoms with Crippen LogP contribution in [0, 0.1) is 0 Å². The van der Waals surface area contributed by atoms with E-state index in [1.807, 2.05) is 7.11 Å². The highest BCUT2D eigenvalue weighted by Crippen LogP contribution is 2.62. The predicted molar refractivity (Wildman–Crippen MR) is 115 cm³/mol. The molecule has 0 saturated carbocycles. The lowest BCUT2D eigenvalue weighted by Crippen LogP contribution is -1.84. The molecule has 128 valence electrons. The number of methoxy groups -OCH3 is 1. The van der Waals surface area contributed by atoms with E-state index in [1.54, 1.807) is 0 Å². The molecule has 26 heavy (non-hydrogen) atoms. The summed E-state index contributed by atoms with van der Waals surface area (Å²) in [7, 11) is 2.76. The van der Waals surface area contributed by atoms with Crippen LogP contribution in [0.15, 0.2) is 91.0 Å².